The maximum absolute atomic E-state index is 5.99. The molecule has 0 bridgehead atoms. The Hall–Kier alpha value is -2.07. The van der Waals surface area contributed by atoms with E-state index in [0.29, 0.717) is 13.1 Å². The summed E-state index contributed by atoms with van der Waals surface area (Å²) in [6.45, 7) is 9.57. The Morgan fingerprint density at radius 1 is 1.16 bits per heavy atom. The number of ether oxygens (including phenoxy) is 1. The van der Waals surface area contributed by atoms with Crippen LogP contribution in [0.25, 0.3) is 0 Å². The van der Waals surface area contributed by atoms with Crippen LogP contribution in [0, 0.1) is 6.92 Å². The smallest absolute Gasteiger partial charge is 0.191 e. The van der Waals surface area contributed by atoms with Crippen LogP contribution in [0.3, 0.4) is 0 Å². The molecule has 1 atom stereocenters. The van der Waals surface area contributed by atoms with Gasteiger partial charge in [-0.15, -0.1) is 24.0 Å². The number of rotatable bonds is 7. The number of hydrogen-bond acceptors (Lipinski definition) is 5. The molecule has 0 saturated carbocycles. The van der Waals surface area contributed by atoms with E-state index in [9.17, 15) is 0 Å². The standard InChI is InChI=1S/C23H34N6O.HI/c1-18-7-5-9-21(15-18)30-19(2)16-26-23(24-3)27-17-20-8-6-10-25-22(20)29-13-11-28(4)12-14-29;/h5-10,15,19H,11-14,16-17H2,1-4H3,(H2,24,26,27);1H. The van der Waals surface area contributed by atoms with Crippen molar-refractivity contribution in [3.05, 3.63) is 53.7 Å². The van der Waals surface area contributed by atoms with Crippen molar-refractivity contribution in [3.63, 3.8) is 0 Å². The molecule has 8 heteroatoms. The van der Waals surface area contributed by atoms with Crippen LogP contribution in [0.15, 0.2) is 47.6 Å². The highest BCUT2D eigenvalue weighted by Crippen LogP contribution is 2.18. The number of pyridine rings is 1. The number of guanidine groups is 1. The highest BCUT2D eigenvalue weighted by Gasteiger charge is 2.18. The van der Waals surface area contributed by atoms with E-state index in [2.05, 4.69) is 63.4 Å². The number of aryl methyl sites for hydroxylation is 1. The molecule has 1 aliphatic rings. The lowest BCUT2D eigenvalue weighted by molar-refractivity contribution is 0.223. The Morgan fingerprint density at radius 3 is 2.65 bits per heavy atom. The van der Waals surface area contributed by atoms with Gasteiger partial charge < -0.3 is 25.2 Å². The van der Waals surface area contributed by atoms with Crippen molar-refractivity contribution < 1.29 is 4.74 Å². The van der Waals surface area contributed by atoms with E-state index < -0.39 is 0 Å². The summed E-state index contributed by atoms with van der Waals surface area (Å²) >= 11 is 0. The molecule has 0 spiro atoms. The maximum atomic E-state index is 5.99. The van der Waals surface area contributed by atoms with E-state index in [0.717, 1.165) is 43.7 Å². The number of aromatic nitrogens is 1. The number of hydrogen-bond donors (Lipinski definition) is 2. The van der Waals surface area contributed by atoms with Gasteiger partial charge >= 0.3 is 0 Å². The van der Waals surface area contributed by atoms with Crippen LogP contribution in [0.2, 0.25) is 0 Å². The summed E-state index contributed by atoms with van der Waals surface area (Å²) in [6.07, 6.45) is 1.89. The lowest BCUT2D eigenvalue weighted by atomic mass is 10.2. The Kier molecular flexibility index (Phi) is 10.3. The SMILES string of the molecule is CN=C(NCc1cccnc1N1CCN(C)CC1)NCC(C)Oc1cccc(C)c1.I. The zero-order chi connectivity index (χ0) is 21.3. The van der Waals surface area contributed by atoms with Gasteiger partial charge in [-0.3, -0.25) is 4.99 Å². The third-order valence-corrected chi connectivity index (χ3v) is 5.22. The molecule has 31 heavy (non-hydrogen) atoms. The summed E-state index contributed by atoms with van der Waals surface area (Å²) in [5, 5.41) is 6.76. The van der Waals surface area contributed by atoms with Crippen LogP contribution in [0.4, 0.5) is 5.82 Å². The third kappa shape index (κ3) is 7.84. The molecular formula is C23H35IN6O. The lowest BCUT2D eigenvalue weighted by Crippen LogP contribution is -2.45. The first-order chi connectivity index (χ1) is 14.5. The molecule has 170 valence electrons. The minimum atomic E-state index is 0. The summed E-state index contributed by atoms with van der Waals surface area (Å²) < 4.78 is 5.99. The van der Waals surface area contributed by atoms with Gasteiger partial charge in [-0.05, 0) is 44.7 Å². The molecule has 1 fully saturated rings. The molecule has 3 rings (SSSR count). The minimum absolute atomic E-state index is 0. The normalized spacial score (nSPS) is 15.7. The first-order valence-electron chi connectivity index (χ1n) is 10.6. The van der Waals surface area contributed by atoms with Gasteiger partial charge in [0, 0.05) is 51.5 Å². The summed E-state index contributed by atoms with van der Waals surface area (Å²) in [5.74, 6) is 2.70. The summed E-state index contributed by atoms with van der Waals surface area (Å²) in [6, 6.07) is 12.2. The molecule has 0 radical (unpaired) electrons. The quantitative estimate of drug-likeness (QED) is 0.321. The number of aliphatic imine (C=N–C) groups is 1. The topological polar surface area (TPSA) is 65.0 Å². The molecule has 2 heterocycles. The van der Waals surface area contributed by atoms with Crippen LogP contribution < -0.4 is 20.3 Å². The predicted octanol–water partition coefficient (Wildman–Crippen LogP) is 2.89. The molecule has 1 aromatic heterocycles. The van der Waals surface area contributed by atoms with Gasteiger partial charge in [0.2, 0.25) is 0 Å². The van der Waals surface area contributed by atoms with Crippen LogP contribution in [-0.4, -0.2) is 68.8 Å². The monoisotopic (exact) mass is 538 g/mol. The molecule has 1 saturated heterocycles. The molecule has 1 aromatic carbocycles. The van der Waals surface area contributed by atoms with Crippen LogP contribution in [-0.2, 0) is 6.54 Å². The van der Waals surface area contributed by atoms with E-state index >= 15 is 0 Å². The second kappa shape index (κ2) is 12.7. The predicted molar refractivity (Wildman–Crippen MR) is 139 cm³/mol. The lowest BCUT2D eigenvalue weighted by Gasteiger charge is -2.34. The van der Waals surface area contributed by atoms with Crippen molar-refractivity contribution in [2.45, 2.75) is 26.5 Å². The van der Waals surface area contributed by atoms with Gasteiger partial charge in [0.1, 0.15) is 17.7 Å². The van der Waals surface area contributed by atoms with Gasteiger partial charge in [0.25, 0.3) is 0 Å². The fraction of sp³-hybridized carbons (Fsp3) is 0.478. The zero-order valence-electron chi connectivity index (χ0n) is 19.0. The first kappa shape index (κ1) is 25.2. The number of anilines is 1. The maximum Gasteiger partial charge on any atom is 0.191 e. The van der Waals surface area contributed by atoms with E-state index in [-0.39, 0.29) is 30.1 Å². The number of halogens is 1. The van der Waals surface area contributed by atoms with Crippen molar-refractivity contribution in [1.82, 2.24) is 20.5 Å². The van der Waals surface area contributed by atoms with Crippen molar-refractivity contribution in [2.75, 3.05) is 51.7 Å². The second-order valence-corrected chi connectivity index (χ2v) is 7.83. The Morgan fingerprint density at radius 2 is 1.94 bits per heavy atom. The number of nitrogens with one attached hydrogen (secondary N) is 2. The van der Waals surface area contributed by atoms with Gasteiger partial charge in [-0.25, -0.2) is 4.98 Å². The van der Waals surface area contributed by atoms with E-state index in [1.165, 1.54) is 11.1 Å². The van der Waals surface area contributed by atoms with Gasteiger partial charge in [-0.1, -0.05) is 18.2 Å². The average Bonchev–Trinajstić information content (AvgIpc) is 2.75. The molecular weight excluding hydrogens is 503 g/mol. The largest absolute Gasteiger partial charge is 0.489 e. The molecule has 2 aromatic rings. The summed E-state index contributed by atoms with van der Waals surface area (Å²) in [7, 11) is 3.95. The summed E-state index contributed by atoms with van der Waals surface area (Å²) in [4.78, 5) is 13.7. The van der Waals surface area contributed by atoms with Gasteiger partial charge in [0.05, 0.1) is 6.54 Å². The van der Waals surface area contributed by atoms with E-state index in [1.807, 2.05) is 30.5 Å². The molecule has 1 aliphatic heterocycles. The zero-order valence-corrected chi connectivity index (χ0v) is 21.3. The first-order valence-corrected chi connectivity index (χ1v) is 10.6. The van der Waals surface area contributed by atoms with Gasteiger partial charge in [0.15, 0.2) is 5.96 Å². The Balaban J connectivity index is 0.00000341. The molecule has 7 nitrogen and oxygen atoms in total. The second-order valence-electron chi connectivity index (χ2n) is 7.83. The van der Waals surface area contributed by atoms with E-state index in [1.54, 1.807) is 7.05 Å². The molecule has 0 amide bonds. The van der Waals surface area contributed by atoms with Crippen molar-refractivity contribution >= 4 is 35.8 Å². The van der Waals surface area contributed by atoms with Crippen molar-refractivity contribution in [1.29, 1.82) is 0 Å². The number of likely N-dealkylation sites (N-methyl/N-ethyl adjacent to an activating group) is 1. The minimum Gasteiger partial charge on any atom is -0.489 e. The molecule has 1 unspecified atom stereocenters. The van der Waals surface area contributed by atoms with Gasteiger partial charge in [-0.2, -0.15) is 0 Å². The number of piperazine rings is 1. The highest BCUT2D eigenvalue weighted by molar-refractivity contribution is 14.0. The van der Waals surface area contributed by atoms with Crippen LogP contribution >= 0.6 is 24.0 Å². The fourth-order valence-corrected chi connectivity index (χ4v) is 3.47. The Labute approximate surface area is 203 Å². The molecule has 2 N–H and O–H groups in total. The molecule has 0 aliphatic carbocycles. The third-order valence-electron chi connectivity index (χ3n) is 5.22. The van der Waals surface area contributed by atoms with Crippen LogP contribution in [0.5, 0.6) is 5.75 Å². The van der Waals surface area contributed by atoms with Crippen molar-refractivity contribution in [3.8, 4) is 5.75 Å². The van der Waals surface area contributed by atoms with Crippen molar-refractivity contribution in [2.24, 2.45) is 4.99 Å². The Bertz CT molecular complexity index is 838. The summed E-state index contributed by atoms with van der Waals surface area (Å²) in [5.41, 5.74) is 2.37. The average molecular weight is 538 g/mol. The van der Waals surface area contributed by atoms with Crippen LogP contribution in [0.1, 0.15) is 18.1 Å². The number of benzene rings is 1. The fourth-order valence-electron chi connectivity index (χ4n) is 3.47. The highest BCUT2D eigenvalue weighted by atomic mass is 127. The number of nitrogens with zero attached hydrogens (tertiary/aromatic N) is 4. The van der Waals surface area contributed by atoms with E-state index in [4.69, 9.17) is 4.74 Å².